The fourth-order valence-electron chi connectivity index (χ4n) is 4.09. The Balaban J connectivity index is 1.56. The first-order valence-electron chi connectivity index (χ1n) is 10.2. The van der Waals surface area contributed by atoms with Crippen LogP contribution in [0.2, 0.25) is 0 Å². The number of likely N-dealkylation sites (tertiary alicyclic amines) is 2. The Labute approximate surface area is 167 Å². The minimum atomic E-state index is -0.683. The van der Waals surface area contributed by atoms with E-state index in [1.807, 2.05) is 11.0 Å². The van der Waals surface area contributed by atoms with Gasteiger partial charge in [-0.15, -0.1) is 0 Å². The van der Waals surface area contributed by atoms with Crippen molar-refractivity contribution in [1.82, 2.24) is 9.80 Å². The maximum absolute atomic E-state index is 13.1. The highest BCUT2D eigenvalue weighted by molar-refractivity contribution is 5.86. The molecule has 2 heterocycles. The van der Waals surface area contributed by atoms with Gasteiger partial charge in [0.2, 0.25) is 5.91 Å². The van der Waals surface area contributed by atoms with Crippen LogP contribution in [0, 0.1) is 5.92 Å². The van der Waals surface area contributed by atoms with Crippen molar-refractivity contribution in [2.45, 2.75) is 64.2 Å². The SMILES string of the molecule is CC(C)(C)OC(=O)N1CC(O)CC1C(=O)N1CCC(Cc2ccccc2)CC1. The van der Waals surface area contributed by atoms with Crippen LogP contribution in [0.5, 0.6) is 0 Å². The third-order valence-electron chi connectivity index (χ3n) is 5.49. The third kappa shape index (κ3) is 5.25. The molecule has 0 bridgehead atoms. The van der Waals surface area contributed by atoms with Gasteiger partial charge in [-0.05, 0) is 51.5 Å². The number of amides is 2. The second-order valence-electron chi connectivity index (χ2n) is 9.00. The maximum atomic E-state index is 13.1. The lowest BCUT2D eigenvalue weighted by molar-refractivity contribution is -0.137. The fourth-order valence-corrected chi connectivity index (χ4v) is 4.09. The second kappa shape index (κ2) is 8.52. The van der Waals surface area contributed by atoms with E-state index in [0.717, 1.165) is 19.3 Å². The predicted octanol–water partition coefficient (Wildman–Crippen LogP) is 2.84. The summed E-state index contributed by atoms with van der Waals surface area (Å²) in [5.74, 6) is 0.503. The van der Waals surface area contributed by atoms with Gasteiger partial charge in [0.05, 0.1) is 12.6 Å². The molecule has 2 atom stereocenters. The smallest absolute Gasteiger partial charge is 0.411 e. The summed E-state index contributed by atoms with van der Waals surface area (Å²) in [7, 11) is 0. The van der Waals surface area contributed by atoms with E-state index in [2.05, 4.69) is 24.3 Å². The number of ether oxygens (including phenoxy) is 1. The van der Waals surface area contributed by atoms with Gasteiger partial charge in [0.25, 0.3) is 0 Å². The number of aliphatic hydroxyl groups excluding tert-OH is 1. The van der Waals surface area contributed by atoms with Gasteiger partial charge in [0, 0.05) is 19.5 Å². The number of carbonyl (C=O) groups is 2. The summed E-state index contributed by atoms with van der Waals surface area (Å²) >= 11 is 0. The van der Waals surface area contributed by atoms with Gasteiger partial charge in [0.15, 0.2) is 0 Å². The van der Waals surface area contributed by atoms with Crippen molar-refractivity contribution in [2.75, 3.05) is 19.6 Å². The van der Waals surface area contributed by atoms with E-state index < -0.39 is 23.8 Å². The molecule has 1 N–H and O–H groups in total. The summed E-state index contributed by atoms with van der Waals surface area (Å²) in [6.07, 6.45) is 2.03. The van der Waals surface area contributed by atoms with Crippen LogP contribution in [0.1, 0.15) is 45.6 Å². The number of benzene rings is 1. The zero-order chi connectivity index (χ0) is 20.3. The Hall–Kier alpha value is -2.08. The zero-order valence-corrected chi connectivity index (χ0v) is 17.1. The molecule has 6 heteroatoms. The molecule has 2 amide bonds. The molecule has 1 aromatic rings. The number of hydrogen-bond acceptors (Lipinski definition) is 4. The molecule has 0 aromatic heterocycles. The van der Waals surface area contributed by atoms with Gasteiger partial charge in [-0.25, -0.2) is 4.79 Å². The molecule has 1 aromatic carbocycles. The molecule has 2 saturated heterocycles. The third-order valence-corrected chi connectivity index (χ3v) is 5.49. The average molecular weight is 389 g/mol. The first kappa shape index (κ1) is 20.6. The van der Waals surface area contributed by atoms with Crippen LogP contribution in [0.15, 0.2) is 30.3 Å². The van der Waals surface area contributed by atoms with Crippen LogP contribution < -0.4 is 0 Å². The summed E-state index contributed by atoms with van der Waals surface area (Å²) in [6, 6.07) is 9.81. The normalized spacial score (nSPS) is 23.7. The van der Waals surface area contributed by atoms with Gasteiger partial charge in [-0.3, -0.25) is 9.69 Å². The second-order valence-corrected chi connectivity index (χ2v) is 9.00. The zero-order valence-electron chi connectivity index (χ0n) is 17.1. The maximum Gasteiger partial charge on any atom is 0.411 e. The number of carbonyl (C=O) groups excluding carboxylic acids is 2. The van der Waals surface area contributed by atoms with Crippen LogP contribution in [-0.2, 0) is 16.0 Å². The number of piperidine rings is 1. The standard InChI is InChI=1S/C22H32N2O4/c1-22(2,3)28-21(27)24-15-18(25)14-19(24)20(26)23-11-9-17(10-12-23)13-16-7-5-4-6-8-16/h4-8,17-19,25H,9-15H2,1-3H3. The Kier molecular flexibility index (Phi) is 6.28. The Bertz CT molecular complexity index is 678. The van der Waals surface area contributed by atoms with E-state index in [4.69, 9.17) is 4.74 Å². The van der Waals surface area contributed by atoms with Crippen LogP contribution >= 0.6 is 0 Å². The lowest BCUT2D eigenvalue weighted by Gasteiger charge is -2.35. The summed E-state index contributed by atoms with van der Waals surface area (Å²) in [5.41, 5.74) is 0.705. The Morgan fingerprint density at radius 3 is 2.39 bits per heavy atom. The largest absolute Gasteiger partial charge is 0.444 e. The highest BCUT2D eigenvalue weighted by Crippen LogP contribution is 2.26. The molecule has 3 rings (SSSR count). The van der Waals surface area contributed by atoms with Gasteiger partial charge in [-0.1, -0.05) is 30.3 Å². The highest BCUT2D eigenvalue weighted by atomic mass is 16.6. The van der Waals surface area contributed by atoms with Gasteiger partial charge < -0.3 is 14.7 Å². The summed E-state index contributed by atoms with van der Waals surface area (Å²) in [6.45, 7) is 6.94. The van der Waals surface area contributed by atoms with Crippen molar-refractivity contribution in [3.05, 3.63) is 35.9 Å². The van der Waals surface area contributed by atoms with Gasteiger partial charge >= 0.3 is 6.09 Å². The van der Waals surface area contributed by atoms with Crippen LogP contribution in [0.3, 0.4) is 0 Å². The molecule has 0 radical (unpaired) electrons. The van der Waals surface area contributed by atoms with E-state index >= 15 is 0 Å². The van der Waals surface area contributed by atoms with E-state index in [0.29, 0.717) is 19.0 Å². The van der Waals surface area contributed by atoms with Crippen molar-refractivity contribution >= 4 is 12.0 Å². The van der Waals surface area contributed by atoms with E-state index in [1.54, 1.807) is 20.8 Å². The van der Waals surface area contributed by atoms with Crippen molar-refractivity contribution < 1.29 is 19.4 Å². The summed E-state index contributed by atoms with van der Waals surface area (Å²) < 4.78 is 5.43. The fraction of sp³-hybridized carbons (Fsp3) is 0.636. The molecule has 2 aliphatic heterocycles. The van der Waals surface area contributed by atoms with E-state index in [9.17, 15) is 14.7 Å². The first-order valence-corrected chi connectivity index (χ1v) is 10.2. The molecule has 6 nitrogen and oxygen atoms in total. The van der Waals surface area contributed by atoms with Crippen LogP contribution in [0.4, 0.5) is 4.79 Å². The topological polar surface area (TPSA) is 70.1 Å². The Morgan fingerprint density at radius 1 is 1.14 bits per heavy atom. The van der Waals surface area contributed by atoms with Crippen molar-refractivity contribution in [2.24, 2.45) is 5.92 Å². The molecule has 154 valence electrons. The van der Waals surface area contributed by atoms with Gasteiger partial charge in [-0.2, -0.15) is 0 Å². The molecule has 2 fully saturated rings. The molecular formula is C22H32N2O4. The van der Waals surface area contributed by atoms with Crippen molar-refractivity contribution in [3.8, 4) is 0 Å². The predicted molar refractivity (Wildman–Crippen MR) is 107 cm³/mol. The highest BCUT2D eigenvalue weighted by Gasteiger charge is 2.43. The number of rotatable bonds is 3. The lowest BCUT2D eigenvalue weighted by Crippen LogP contribution is -2.51. The van der Waals surface area contributed by atoms with E-state index in [1.165, 1.54) is 10.5 Å². The lowest BCUT2D eigenvalue weighted by atomic mass is 9.90. The van der Waals surface area contributed by atoms with E-state index in [-0.39, 0.29) is 18.9 Å². The van der Waals surface area contributed by atoms with Crippen molar-refractivity contribution in [1.29, 1.82) is 0 Å². The first-order chi connectivity index (χ1) is 13.2. The number of aliphatic hydroxyl groups is 1. The van der Waals surface area contributed by atoms with Crippen LogP contribution in [-0.4, -0.2) is 64.3 Å². The number of β-amino-alcohol motifs (C(OH)–C–C–N with tert-alkyl or cyclic N) is 1. The molecule has 0 saturated carbocycles. The quantitative estimate of drug-likeness (QED) is 0.864. The molecule has 28 heavy (non-hydrogen) atoms. The average Bonchev–Trinajstić information content (AvgIpc) is 3.03. The Morgan fingerprint density at radius 2 is 1.79 bits per heavy atom. The van der Waals surface area contributed by atoms with Gasteiger partial charge in [0.1, 0.15) is 11.6 Å². The minimum Gasteiger partial charge on any atom is -0.444 e. The molecule has 0 spiro atoms. The summed E-state index contributed by atoms with van der Waals surface area (Å²) in [5, 5.41) is 10.1. The summed E-state index contributed by atoms with van der Waals surface area (Å²) in [4.78, 5) is 28.8. The van der Waals surface area contributed by atoms with Crippen molar-refractivity contribution in [3.63, 3.8) is 0 Å². The minimum absolute atomic E-state index is 0.0689. The molecule has 2 aliphatic rings. The number of hydrogen-bond donors (Lipinski definition) is 1. The molecule has 0 aliphatic carbocycles. The molecule has 2 unspecified atom stereocenters. The van der Waals surface area contributed by atoms with Crippen LogP contribution in [0.25, 0.3) is 0 Å². The number of nitrogens with zero attached hydrogens (tertiary/aromatic N) is 2. The monoisotopic (exact) mass is 388 g/mol. The molecular weight excluding hydrogens is 356 g/mol.